The molecule has 2 radical (unpaired) electrons. The van der Waals surface area contributed by atoms with Gasteiger partial charge in [0.25, 0.3) is 10.2 Å². The van der Waals surface area contributed by atoms with Crippen LogP contribution in [0.2, 0.25) is 0 Å². The summed E-state index contributed by atoms with van der Waals surface area (Å²) in [6.45, 7) is 0. The highest BCUT2D eigenvalue weighted by molar-refractivity contribution is 7.59. The summed E-state index contributed by atoms with van der Waals surface area (Å²) in [6.07, 6.45) is 0. The van der Waals surface area contributed by atoms with Gasteiger partial charge in [0, 0.05) is 13.5 Å². The van der Waals surface area contributed by atoms with Gasteiger partial charge in [0.15, 0.2) is 0 Å². The normalized spacial score (nSPS) is 5.33. The maximum absolute atomic E-state index is 8.36. The molecule has 0 aromatic rings. The van der Waals surface area contributed by atoms with Crippen molar-refractivity contribution in [2.24, 2.45) is 0 Å². The van der Waals surface area contributed by atoms with Crippen LogP contribution in [0.5, 0.6) is 0 Å². The smallest absolute Gasteiger partial charge is 0.291 e. The molecular weight excluding hydrogens is 156 g/mol. The van der Waals surface area contributed by atoms with Gasteiger partial charge in [0.2, 0.25) is 0 Å². The molecule has 0 aromatic carbocycles. The topological polar surface area (TPSA) is 127 Å². The van der Waals surface area contributed by atoms with E-state index in [0.29, 0.717) is 0 Å². The van der Waals surface area contributed by atoms with E-state index in [4.69, 9.17) is 30.6 Å². The zero-order valence-electron chi connectivity index (χ0n) is 3.83. The van der Waals surface area contributed by atoms with Crippen molar-refractivity contribution in [3.8, 4) is 0 Å². The fourth-order valence-electron chi connectivity index (χ4n) is 0. The van der Waals surface area contributed by atoms with Crippen LogP contribution in [0.15, 0.2) is 0 Å². The predicted molar refractivity (Wildman–Crippen MR) is 25.2 cm³/mol. The van der Waals surface area contributed by atoms with Crippen molar-refractivity contribution in [2.45, 2.75) is 0 Å². The molecule has 0 spiro atoms. The Morgan fingerprint density at radius 1 is 1.00 bits per heavy atom. The van der Waals surface area contributed by atoms with Crippen LogP contribution in [-0.2, 0) is 0 Å². The molecular formula is H2N2O6S. The molecule has 0 amide bonds. The quantitative estimate of drug-likeness (QED) is 0.376. The first-order chi connectivity index (χ1) is 3.46. The van der Waals surface area contributed by atoms with Gasteiger partial charge in [-0.1, -0.05) is 0 Å². The summed E-state index contributed by atoms with van der Waals surface area (Å²) in [5.74, 6) is 0. The lowest BCUT2D eigenvalue weighted by Crippen LogP contribution is -1.81. The summed E-state index contributed by atoms with van der Waals surface area (Å²) in [6, 6.07) is 0. The zero-order valence-corrected chi connectivity index (χ0v) is 4.65. The largest absolute Gasteiger partial charge is 0.328 e. The van der Waals surface area contributed by atoms with E-state index in [1.807, 2.05) is 0 Å². The van der Waals surface area contributed by atoms with Gasteiger partial charge in [0.1, 0.15) is 0 Å². The van der Waals surface area contributed by atoms with Crippen LogP contribution in [0, 0.1) is 20.2 Å². The van der Waals surface area contributed by atoms with Gasteiger partial charge in [0.05, 0.1) is 0 Å². The van der Waals surface area contributed by atoms with Gasteiger partial charge < -0.3 is 10.4 Å². The Balaban J connectivity index is -0.0000000720. The van der Waals surface area contributed by atoms with Crippen LogP contribution in [0.1, 0.15) is 0 Å². The van der Waals surface area contributed by atoms with Crippen LogP contribution in [0.3, 0.4) is 0 Å². The average molecular weight is 158 g/mol. The molecule has 0 rings (SSSR count). The van der Waals surface area contributed by atoms with Crippen molar-refractivity contribution in [1.82, 2.24) is 0 Å². The number of rotatable bonds is 0. The van der Waals surface area contributed by atoms with Crippen molar-refractivity contribution in [3.63, 3.8) is 0 Å². The Morgan fingerprint density at radius 2 is 1.00 bits per heavy atom. The Kier molecular flexibility index (Phi) is 17.2. The van der Waals surface area contributed by atoms with Crippen molar-refractivity contribution in [3.05, 3.63) is 20.2 Å². The fraction of sp³-hybridized carbons (Fsp3) is 0. The van der Waals surface area contributed by atoms with E-state index in [1.165, 1.54) is 0 Å². The molecule has 0 bridgehead atoms. The average Bonchev–Trinajstić information content (AvgIpc) is 1.25. The van der Waals surface area contributed by atoms with Crippen molar-refractivity contribution >= 4 is 13.5 Å². The molecule has 54 valence electrons. The van der Waals surface area contributed by atoms with Crippen LogP contribution in [-0.4, -0.2) is 20.6 Å². The third-order valence-electron chi connectivity index (χ3n) is 0. The Labute approximate surface area is 55.4 Å². The lowest BCUT2D eigenvalue weighted by molar-refractivity contribution is -0.742. The SMILES string of the molecule is O=[N+]([O-])O.O=[N+]([O-])O.[S]. The summed E-state index contributed by atoms with van der Waals surface area (Å²) in [5.41, 5.74) is 0. The standard InChI is InChI=1S/2HNO3.S/c2*2-1(3)4;/h2*(H,2,3,4);. The highest BCUT2D eigenvalue weighted by Gasteiger charge is 1.65. The maximum Gasteiger partial charge on any atom is 0.291 e. The molecule has 0 aliphatic heterocycles. The highest BCUT2D eigenvalue weighted by atomic mass is 32.1. The maximum atomic E-state index is 8.36. The van der Waals surface area contributed by atoms with Crippen molar-refractivity contribution in [1.29, 1.82) is 0 Å². The van der Waals surface area contributed by atoms with Gasteiger partial charge in [-0.3, -0.25) is 0 Å². The highest BCUT2D eigenvalue weighted by Crippen LogP contribution is 1.38. The Hall–Kier alpha value is -1.25. The Morgan fingerprint density at radius 3 is 1.00 bits per heavy atom. The second-order valence-corrected chi connectivity index (χ2v) is 0.476. The molecule has 9 heteroatoms. The molecule has 0 saturated heterocycles. The zero-order chi connectivity index (χ0) is 7.15. The van der Waals surface area contributed by atoms with Gasteiger partial charge in [-0.25, -0.2) is 0 Å². The first kappa shape index (κ1) is 15.7. The molecule has 0 atom stereocenters. The summed E-state index contributed by atoms with van der Waals surface area (Å²) in [5, 5.41) is 27.3. The number of nitrogens with zero attached hydrogens (tertiary/aromatic N) is 2. The van der Waals surface area contributed by atoms with Crippen LogP contribution in [0.4, 0.5) is 0 Å². The van der Waals surface area contributed by atoms with Crippen LogP contribution in [0.25, 0.3) is 0 Å². The number of hydrogen-bond donors (Lipinski definition) is 2. The monoisotopic (exact) mass is 158 g/mol. The van der Waals surface area contributed by atoms with Crippen molar-refractivity contribution < 1.29 is 20.6 Å². The van der Waals surface area contributed by atoms with Gasteiger partial charge >= 0.3 is 0 Å². The van der Waals surface area contributed by atoms with E-state index in [1.54, 1.807) is 0 Å². The Bertz CT molecular complexity index is 69.1. The minimum Gasteiger partial charge on any atom is -0.328 e. The molecule has 0 aliphatic carbocycles. The summed E-state index contributed by atoms with van der Waals surface area (Å²) in [4.78, 5) is 16.7. The first-order valence-electron chi connectivity index (χ1n) is 1.13. The van der Waals surface area contributed by atoms with E-state index in [2.05, 4.69) is 0 Å². The molecule has 0 heterocycles. The molecule has 0 aromatic heterocycles. The third-order valence-corrected chi connectivity index (χ3v) is 0. The first-order valence-corrected chi connectivity index (χ1v) is 1.13. The lowest BCUT2D eigenvalue weighted by atomic mass is 13.1. The summed E-state index contributed by atoms with van der Waals surface area (Å²) in [7, 11) is 0. The van der Waals surface area contributed by atoms with E-state index < -0.39 is 10.2 Å². The van der Waals surface area contributed by atoms with E-state index in [9.17, 15) is 0 Å². The van der Waals surface area contributed by atoms with E-state index in [0.717, 1.165) is 0 Å². The van der Waals surface area contributed by atoms with Crippen LogP contribution < -0.4 is 0 Å². The molecule has 0 aliphatic rings. The lowest BCUT2D eigenvalue weighted by Gasteiger charge is -1.56. The third kappa shape index (κ3) is 97.5. The summed E-state index contributed by atoms with van der Waals surface area (Å²) < 4.78 is 0. The molecule has 9 heavy (non-hydrogen) atoms. The molecule has 0 unspecified atom stereocenters. The van der Waals surface area contributed by atoms with Crippen LogP contribution >= 0.6 is 13.5 Å². The second kappa shape index (κ2) is 9.89. The second-order valence-electron chi connectivity index (χ2n) is 0.476. The summed E-state index contributed by atoms with van der Waals surface area (Å²) >= 11 is 0. The van der Waals surface area contributed by atoms with Gasteiger partial charge in [-0.15, -0.1) is 20.2 Å². The molecule has 0 fully saturated rings. The number of hydrogen-bond acceptors (Lipinski definition) is 4. The van der Waals surface area contributed by atoms with E-state index in [-0.39, 0.29) is 13.5 Å². The van der Waals surface area contributed by atoms with Crippen molar-refractivity contribution in [2.75, 3.05) is 0 Å². The predicted octanol–water partition coefficient (Wildman–Crippen LogP) is -0.0472. The van der Waals surface area contributed by atoms with Gasteiger partial charge in [-0.2, -0.15) is 0 Å². The van der Waals surface area contributed by atoms with Gasteiger partial charge in [-0.05, 0) is 0 Å². The fourth-order valence-corrected chi connectivity index (χ4v) is 0. The minimum absolute atomic E-state index is 0. The molecule has 2 N–H and O–H groups in total. The minimum atomic E-state index is -1.50. The molecule has 8 nitrogen and oxygen atoms in total. The molecule has 0 saturated carbocycles. The van der Waals surface area contributed by atoms with E-state index >= 15 is 0 Å².